The molecule has 0 spiro atoms. The fraction of sp³-hybridized carbons (Fsp3) is 0.700. The van der Waals surface area contributed by atoms with Crippen LogP contribution in [0.15, 0.2) is 6.07 Å². The molecule has 1 heterocycles. The Kier molecular flexibility index (Phi) is 2.31. The number of hydrogen-bond donors (Lipinski definition) is 1. The quantitative estimate of drug-likeness (QED) is 0.852. The third-order valence-corrected chi connectivity index (χ3v) is 2.81. The smallest absolute Gasteiger partial charge is 0.320 e. The summed E-state index contributed by atoms with van der Waals surface area (Å²) in [5.41, 5.74) is 4.87. The maximum atomic E-state index is 12.7. The van der Waals surface area contributed by atoms with Crippen molar-refractivity contribution < 1.29 is 13.2 Å². The van der Waals surface area contributed by atoms with Gasteiger partial charge in [-0.2, -0.15) is 18.3 Å². The van der Waals surface area contributed by atoms with Crippen molar-refractivity contribution in [1.29, 1.82) is 0 Å². The minimum atomic E-state index is -4.37. The molecule has 1 aliphatic carbocycles. The summed E-state index contributed by atoms with van der Waals surface area (Å²) in [5.74, 6) is 0. The maximum absolute atomic E-state index is 12.7. The summed E-state index contributed by atoms with van der Waals surface area (Å²) in [6, 6.07) is 0.750. The minimum Gasteiger partial charge on any atom is -0.320 e. The normalized spacial score (nSPS) is 19.2. The summed E-state index contributed by atoms with van der Waals surface area (Å²) < 4.78 is 39.2. The molecular weight excluding hydrogens is 219 g/mol. The Balaban J connectivity index is 2.46. The molecule has 0 aliphatic heterocycles. The highest BCUT2D eigenvalue weighted by Gasteiger charge is 2.45. The molecule has 1 aromatic rings. The Bertz CT molecular complexity index is 402. The van der Waals surface area contributed by atoms with Crippen molar-refractivity contribution in [1.82, 2.24) is 9.78 Å². The molecule has 1 aliphatic rings. The van der Waals surface area contributed by atoms with Crippen molar-refractivity contribution >= 4 is 0 Å². The van der Waals surface area contributed by atoms with E-state index < -0.39 is 17.4 Å². The summed E-state index contributed by atoms with van der Waals surface area (Å²) in [5, 5.41) is 3.98. The Morgan fingerprint density at radius 3 is 2.31 bits per heavy atom. The SMILES string of the molecule is CC(C)n1nc(C2(N)CC2)cc1C(F)(F)F. The second kappa shape index (κ2) is 3.23. The van der Waals surface area contributed by atoms with Gasteiger partial charge in [-0.1, -0.05) is 0 Å². The molecular formula is C10H14F3N3. The van der Waals surface area contributed by atoms with Gasteiger partial charge >= 0.3 is 6.18 Å². The van der Waals surface area contributed by atoms with E-state index in [-0.39, 0.29) is 6.04 Å². The van der Waals surface area contributed by atoms with Gasteiger partial charge in [0.25, 0.3) is 0 Å². The molecule has 16 heavy (non-hydrogen) atoms. The van der Waals surface area contributed by atoms with Gasteiger partial charge in [0.05, 0.1) is 11.2 Å². The number of aromatic nitrogens is 2. The first kappa shape index (κ1) is 11.4. The van der Waals surface area contributed by atoms with E-state index in [0.717, 1.165) is 10.7 Å². The van der Waals surface area contributed by atoms with Gasteiger partial charge in [-0.25, -0.2) is 0 Å². The van der Waals surface area contributed by atoms with Crippen LogP contribution in [0.5, 0.6) is 0 Å². The molecule has 90 valence electrons. The average molecular weight is 233 g/mol. The second-order valence-corrected chi connectivity index (χ2v) is 4.61. The van der Waals surface area contributed by atoms with Crippen LogP contribution < -0.4 is 5.73 Å². The van der Waals surface area contributed by atoms with Gasteiger partial charge < -0.3 is 5.73 Å². The Morgan fingerprint density at radius 1 is 1.44 bits per heavy atom. The van der Waals surface area contributed by atoms with E-state index in [1.165, 1.54) is 0 Å². The number of alkyl halides is 3. The van der Waals surface area contributed by atoms with Crippen molar-refractivity contribution in [2.45, 2.75) is 44.4 Å². The molecule has 3 nitrogen and oxygen atoms in total. The predicted molar refractivity (Wildman–Crippen MR) is 52.7 cm³/mol. The highest BCUT2D eigenvalue weighted by Crippen LogP contribution is 2.44. The van der Waals surface area contributed by atoms with E-state index in [2.05, 4.69) is 5.10 Å². The van der Waals surface area contributed by atoms with Gasteiger partial charge in [0.1, 0.15) is 5.69 Å². The van der Waals surface area contributed by atoms with Gasteiger partial charge in [-0.05, 0) is 32.8 Å². The molecule has 0 saturated heterocycles. The summed E-state index contributed by atoms with van der Waals surface area (Å²) in [7, 11) is 0. The third-order valence-electron chi connectivity index (χ3n) is 2.81. The molecule has 2 N–H and O–H groups in total. The van der Waals surface area contributed by atoms with Crippen molar-refractivity contribution in [3.8, 4) is 0 Å². The Labute approximate surface area is 91.4 Å². The highest BCUT2D eigenvalue weighted by atomic mass is 19.4. The molecule has 6 heteroatoms. The predicted octanol–water partition coefficient (Wildman–Crippen LogP) is 2.43. The first-order valence-electron chi connectivity index (χ1n) is 5.20. The van der Waals surface area contributed by atoms with Crippen molar-refractivity contribution in [2.75, 3.05) is 0 Å². The molecule has 0 unspecified atom stereocenters. The first-order valence-corrected chi connectivity index (χ1v) is 5.20. The number of nitrogens with two attached hydrogens (primary N) is 1. The van der Waals surface area contributed by atoms with Crippen LogP contribution in [0.25, 0.3) is 0 Å². The highest BCUT2D eigenvalue weighted by molar-refractivity contribution is 5.26. The van der Waals surface area contributed by atoms with Gasteiger partial charge in [-0.3, -0.25) is 4.68 Å². The third kappa shape index (κ3) is 1.81. The Morgan fingerprint density at radius 2 is 2.00 bits per heavy atom. The molecule has 1 fully saturated rings. The fourth-order valence-electron chi connectivity index (χ4n) is 1.63. The van der Waals surface area contributed by atoms with Crippen LogP contribution in [0.4, 0.5) is 13.2 Å². The van der Waals surface area contributed by atoms with E-state index in [1.54, 1.807) is 13.8 Å². The lowest BCUT2D eigenvalue weighted by Gasteiger charge is -2.12. The van der Waals surface area contributed by atoms with Crippen LogP contribution in [-0.4, -0.2) is 9.78 Å². The molecule has 0 atom stereocenters. The largest absolute Gasteiger partial charge is 0.433 e. The summed E-state index contributed by atoms with van der Waals surface area (Å²) in [4.78, 5) is 0. The van der Waals surface area contributed by atoms with Gasteiger partial charge in [0.15, 0.2) is 0 Å². The molecule has 2 rings (SSSR count). The summed E-state index contributed by atoms with van der Waals surface area (Å²) in [6.45, 7) is 3.34. The summed E-state index contributed by atoms with van der Waals surface area (Å²) >= 11 is 0. The van der Waals surface area contributed by atoms with Crippen molar-refractivity contribution in [3.63, 3.8) is 0 Å². The number of rotatable bonds is 2. The molecule has 0 bridgehead atoms. The van der Waals surface area contributed by atoms with Crippen LogP contribution in [0.2, 0.25) is 0 Å². The fourth-order valence-corrected chi connectivity index (χ4v) is 1.63. The van der Waals surface area contributed by atoms with Crippen LogP contribution in [0.1, 0.15) is 44.1 Å². The molecule has 0 radical (unpaired) electrons. The van der Waals surface area contributed by atoms with Crippen LogP contribution in [-0.2, 0) is 11.7 Å². The number of nitrogens with zero attached hydrogens (tertiary/aromatic N) is 2. The first-order chi connectivity index (χ1) is 7.24. The standard InChI is InChI=1S/C10H14F3N3/c1-6(2)16-8(10(11,12)13)5-7(15-16)9(14)3-4-9/h5-6H,3-4,14H2,1-2H3. The van der Waals surface area contributed by atoms with E-state index in [9.17, 15) is 13.2 Å². The second-order valence-electron chi connectivity index (χ2n) is 4.61. The van der Waals surface area contributed by atoms with Gasteiger partial charge in [0, 0.05) is 6.04 Å². The van der Waals surface area contributed by atoms with Crippen LogP contribution in [0.3, 0.4) is 0 Å². The topological polar surface area (TPSA) is 43.8 Å². The lowest BCUT2D eigenvalue weighted by Crippen LogP contribution is -2.20. The van der Waals surface area contributed by atoms with E-state index in [4.69, 9.17) is 5.73 Å². The number of hydrogen-bond acceptors (Lipinski definition) is 2. The lowest BCUT2D eigenvalue weighted by atomic mass is 10.2. The summed E-state index contributed by atoms with van der Waals surface area (Å²) in [6.07, 6.45) is -2.96. The minimum absolute atomic E-state index is 0.326. The van der Waals surface area contributed by atoms with Crippen LogP contribution >= 0.6 is 0 Å². The lowest BCUT2D eigenvalue weighted by molar-refractivity contribution is -0.144. The Hall–Kier alpha value is -1.04. The zero-order chi connectivity index (χ0) is 12.1. The molecule has 1 saturated carbocycles. The van der Waals surface area contributed by atoms with Crippen LogP contribution in [0, 0.1) is 0 Å². The average Bonchev–Trinajstić information content (AvgIpc) is 2.73. The number of halogens is 3. The maximum Gasteiger partial charge on any atom is 0.433 e. The van der Waals surface area contributed by atoms with Crippen molar-refractivity contribution in [3.05, 3.63) is 17.5 Å². The zero-order valence-corrected chi connectivity index (χ0v) is 9.17. The van der Waals surface area contributed by atoms with Gasteiger partial charge in [-0.15, -0.1) is 0 Å². The van der Waals surface area contributed by atoms with E-state index >= 15 is 0 Å². The monoisotopic (exact) mass is 233 g/mol. The molecule has 1 aromatic heterocycles. The zero-order valence-electron chi connectivity index (χ0n) is 9.17. The van der Waals surface area contributed by atoms with Gasteiger partial charge in [0.2, 0.25) is 0 Å². The molecule has 0 aromatic carbocycles. The molecule has 0 amide bonds. The van der Waals surface area contributed by atoms with E-state index in [1.807, 2.05) is 0 Å². The van der Waals surface area contributed by atoms with Crippen molar-refractivity contribution in [2.24, 2.45) is 5.73 Å². The van der Waals surface area contributed by atoms with E-state index in [0.29, 0.717) is 18.5 Å².